The van der Waals surface area contributed by atoms with Crippen LogP contribution in [-0.2, 0) is 10.9 Å². The van der Waals surface area contributed by atoms with Gasteiger partial charge in [-0.05, 0) is 36.8 Å². The topological polar surface area (TPSA) is 64.5 Å². The molecule has 3 aromatic rings. The zero-order chi connectivity index (χ0) is 21.6. The normalized spacial score (nSPS) is 17.7. The van der Waals surface area contributed by atoms with E-state index in [1.54, 1.807) is 35.2 Å². The molecular formula is C22H18F3N3O3. The van der Waals surface area contributed by atoms with E-state index in [0.29, 0.717) is 36.7 Å². The van der Waals surface area contributed by atoms with Crippen LogP contribution in [0.5, 0.6) is 11.6 Å². The average molecular weight is 429 g/mol. The van der Waals surface area contributed by atoms with Gasteiger partial charge in [0.15, 0.2) is 0 Å². The number of nitrogens with zero attached hydrogens (tertiary/aromatic N) is 3. The number of carbonyl (C=O) groups excluding carboxylic acids is 1. The first-order valence-corrected chi connectivity index (χ1v) is 9.80. The molecule has 4 heterocycles. The fraction of sp³-hybridized carbons (Fsp3) is 0.318. The molecule has 1 amide bonds. The fourth-order valence-corrected chi connectivity index (χ4v) is 3.98. The van der Waals surface area contributed by atoms with Crippen LogP contribution in [0.25, 0.3) is 10.9 Å². The summed E-state index contributed by atoms with van der Waals surface area (Å²) in [7, 11) is 0. The Bertz CT molecular complexity index is 1130. The summed E-state index contributed by atoms with van der Waals surface area (Å²) in [5.74, 6) is 0.356. The number of carbonyl (C=O) groups is 1. The summed E-state index contributed by atoms with van der Waals surface area (Å²) in [6, 6.07) is 10.6. The van der Waals surface area contributed by atoms with E-state index in [9.17, 15) is 18.0 Å². The van der Waals surface area contributed by atoms with Crippen molar-refractivity contribution in [1.29, 1.82) is 0 Å². The highest BCUT2D eigenvalue weighted by molar-refractivity contribution is 5.95. The number of aromatic nitrogens is 2. The highest BCUT2D eigenvalue weighted by atomic mass is 19.4. The Balaban J connectivity index is 1.29. The zero-order valence-corrected chi connectivity index (χ0v) is 16.4. The highest BCUT2D eigenvalue weighted by Gasteiger charge is 2.47. The Labute approximate surface area is 175 Å². The average Bonchev–Trinajstić information content (AvgIpc) is 3.22. The first-order valence-electron chi connectivity index (χ1n) is 9.80. The van der Waals surface area contributed by atoms with Gasteiger partial charge in [0.05, 0.1) is 17.7 Å². The maximum Gasteiger partial charge on any atom is 0.417 e. The van der Waals surface area contributed by atoms with Crippen molar-refractivity contribution in [3.8, 4) is 11.6 Å². The molecule has 0 unspecified atom stereocenters. The summed E-state index contributed by atoms with van der Waals surface area (Å²) in [5.41, 5.74) is 0.274. The van der Waals surface area contributed by atoms with E-state index < -0.39 is 11.7 Å². The van der Waals surface area contributed by atoms with Crippen LogP contribution in [0.1, 0.15) is 22.5 Å². The molecule has 6 nitrogen and oxygen atoms in total. The third-order valence-corrected chi connectivity index (χ3v) is 5.69. The Morgan fingerprint density at radius 2 is 1.97 bits per heavy atom. The molecule has 9 heteroatoms. The van der Waals surface area contributed by atoms with Crippen LogP contribution < -0.4 is 4.74 Å². The summed E-state index contributed by atoms with van der Waals surface area (Å²) in [6.45, 7) is 2.85. The minimum absolute atomic E-state index is 0.0507. The summed E-state index contributed by atoms with van der Waals surface area (Å²) < 4.78 is 48.9. The third-order valence-electron chi connectivity index (χ3n) is 5.69. The number of amides is 1. The third kappa shape index (κ3) is 3.81. The number of hydrogen-bond acceptors (Lipinski definition) is 5. The molecule has 31 heavy (non-hydrogen) atoms. The van der Waals surface area contributed by atoms with Crippen molar-refractivity contribution < 1.29 is 27.4 Å². The molecule has 0 atom stereocenters. The van der Waals surface area contributed by atoms with Gasteiger partial charge in [-0.2, -0.15) is 13.2 Å². The molecule has 0 bridgehead atoms. The molecule has 2 aliphatic heterocycles. The van der Waals surface area contributed by atoms with Gasteiger partial charge in [-0.25, -0.2) is 9.97 Å². The van der Waals surface area contributed by atoms with Crippen molar-refractivity contribution in [2.75, 3.05) is 26.3 Å². The predicted molar refractivity (Wildman–Crippen MR) is 105 cm³/mol. The lowest BCUT2D eigenvalue weighted by molar-refractivity contribution is -0.137. The Hall–Kier alpha value is -3.20. The van der Waals surface area contributed by atoms with E-state index >= 15 is 0 Å². The van der Waals surface area contributed by atoms with E-state index in [1.165, 1.54) is 6.07 Å². The van der Waals surface area contributed by atoms with Crippen molar-refractivity contribution in [3.63, 3.8) is 0 Å². The summed E-state index contributed by atoms with van der Waals surface area (Å²) in [6.07, 6.45) is -2.73. The monoisotopic (exact) mass is 429 g/mol. The van der Waals surface area contributed by atoms with Gasteiger partial charge in [0.2, 0.25) is 5.88 Å². The molecule has 2 aliphatic rings. The minimum Gasteiger partial charge on any atom is -0.439 e. The second kappa shape index (κ2) is 7.19. The van der Waals surface area contributed by atoms with Crippen LogP contribution in [0, 0.1) is 5.41 Å². The maximum atomic E-state index is 12.7. The van der Waals surface area contributed by atoms with E-state index in [1.807, 2.05) is 0 Å². The van der Waals surface area contributed by atoms with Crippen molar-refractivity contribution >= 4 is 16.8 Å². The second-order valence-corrected chi connectivity index (χ2v) is 8.00. The maximum absolute atomic E-state index is 12.7. The number of alkyl halides is 3. The first kappa shape index (κ1) is 19.7. The van der Waals surface area contributed by atoms with Crippen LogP contribution in [0.3, 0.4) is 0 Å². The summed E-state index contributed by atoms with van der Waals surface area (Å²) in [4.78, 5) is 22.7. The zero-order valence-electron chi connectivity index (χ0n) is 16.4. The number of likely N-dealkylation sites (tertiary alicyclic amines) is 1. The molecule has 2 saturated heterocycles. The molecule has 2 fully saturated rings. The lowest BCUT2D eigenvalue weighted by atomic mass is 9.79. The molecule has 0 radical (unpaired) electrons. The Morgan fingerprint density at radius 1 is 1.13 bits per heavy atom. The van der Waals surface area contributed by atoms with Crippen LogP contribution in [0.2, 0.25) is 0 Å². The second-order valence-electron chi connectivity index (χ2n) is 8.00. The van der Waals surface area contributed by atoms with Gasteiger partial charge in [0.25, 0.3) is 5.91 Å². The largest absolute Gasteiger partial charge is 0.439 e. The number of hydrogen-bond donors (Lipinski definition) is 0. The number of fused-ring (bicyclic) bond motifs is 1. The molecule has 5 rings (SSSR count). The van der Waals surface area contributed by atoms with Gasteiger partial charge in [0.1, 0.15) is 11.4 Å². The van der Waals surface area contributed by atoms with E-state index in [-0.39, 0.29) is 17.2 Å². The van der Waals surface area contributed by atoms with E-state index in [4.69, 9.17) is 9.47 Å². The van der Waals surface area contributed by atoms with Gasteiger partial charge in [-0.3, -0.25) is 4.79 Å². The molecule has 0 saturated carbocycles. The van der Waals surface area contributed by atoms with Gasteiger partial charge < -0.3 is 14.4 Å². The lowest BCUT2D eigenvalue weighted by Gasteiger charge is -2.46. The molecule has 2 aromatic heterocycles. The summed E-state index contributed by atoms with van der Waals surface area (Å²) in [5, 5.41) is 0.741. The molecule has 1 spiro atoms. The van der Waals surface area contributed by atoms with Gasteiger partial charge in [0, 0.05) is 42.8 Å². The van der Waals surface area contributed by atoms with Crippen LogP contribution in [-0.4, -0.2) is 47.1 Å². The van der Waals surface area contributed by atoms with Crippen LogP contribution in [0.4, 0.5) is 13.2 Å². The van der Waals surface area contributed by atoms with E-state index in [2.05, 4.69) is 9.97 Å². The standard InChI is InChI=1S/C22H18F3N3O3/c23-22(24,25)15-2-6-19(26-10-15)31-16-3-5-17-14(9-16)1-4-18(27-17)20(29)28-11-21(12-28)7-8-30-13-21/h1-6,9-10H,7-8,11-13H2. The fourth-order valence-electron chi connectivity index (χ4n) is 3.98. The first-order chi connectivity index (χ1) is 14.8. The van der Waals surface area contributed by atoms with Gasteiger partial charge in [-0.1, -0.05) is 6.07 Å². The number of rotatable bonds is 3. The van der Waals surface area contributed by atoms with Crippen molar-refractivity contribution in [2.24, 2.45) is 5.41 Å². The summed E-state index contributed by atoms with van der Waals surface area (Å²) >= 11 is 0. The number of ether oxygens (including phenoxy) is 2. The number of pyridine rings is 2. The smallest absolute Gasteiger partial charge is 0.417 e. The molecule has 0 aliphatic carbocycles. The molecule has 1 aromatic carbocycles. The van der Waals surface area contributed by atoms with Crippen molar-refractivity contribution in [1.82, 2.24) is 14.9 Å². The lowest BCUT2D eigenvalue weighted by Crippen LogP contribution is -2.58. The molecular weight excluding hydrogens is 411 g/mol. The van der Waals surface area contributed by atoms with Crippen LogP contribution in [0.15, 0.2) is 48.7 Å². The van der Waals surface area contributed by atoms with Crippen molar-refractivity contribution in [2.45, 2.75) is 12.6 Å². The molecule has 0 N–H and O–H groups in total. The van der Waals surface area contributed by atoms with Crippen molar-refractivity contribution in [3.05, 3.63) is 59.9 Å². The SMILES string of the molecule is O=C(c1ccc2cc(Oc3ccc(C(F)(F)F)cn3)ccc2n1)N1CC2(CCOC2)C1. The quantitative estimate of drug-likeness (QED) is 0.621. The van der Waals surface area contributed by atoms with E-state index in [0.717, 1.165) is 30.7 Å². The predicted octanol–water partition coefficient (Wildman–Crippen LogP) is 4.30. The van der Waals surface area contributed by atoms with Crippen LogP contribution >= 0.6 is 0 Å². The van der Waals surface area contributed by atoms with Gasteiger partial charge >= 0.3 is 6.18 Å². The highest BCUT2D eigenvalue weighted by Crippen LogP contribution is 2.39. The van der Waals surface area contributed by atoms with Gasteiger partial charge in [-0.15, -0.1) is 0 Å². The number of halogens is 3. The Kier molecular flexibility index (Phi) is 4.58. The Morgan fingerprint density at radius 3 is 2.65 bits per heavy atom. The molecule has 160 valence electrons. The number of benzene rings is 1. The minimum atomic E-state index is -4.45.